The van der Waals surface area contributed by atoms with E-state index < -0.39 is 0 Å². The number of carbonyl (C=O) groups excluding carboxylic acids is 2. The SMILES string of the molecule is CC[C@H](C(=O)Nc1ccc([C@@H]2CC(=O)Nc3c2c(C)nn3-c2ncnc3nc[nH]c23)cc1)c1ccccc1. The second-order valence-corrected chi connectivity index (χ2v) is 9.35. The minimum absolute atomic E-state index is 0.0436. The lowest BCUT2D eigenvalue weighted by Crippen LogP contribution is -2.25. The van der Waals surface area contributed by atoms with Gasteiger partial charge in [-0.3, -0.25) is 9.59 Å². The summed E-state index contributed by atoms with van der Waals surface area (Å²) in [6, 6.07) is 17.5. The van der Waals surface area contributed by atoms with Gasteiger partial charge in [0.2, 0.25) is 11.8 Å². The summed E-state index contributed by atoms with van der Waals surface area (Å²) >= 11 is 0. The Morgan fingerprint density at radius 1 is 1.11 bits per heavy atom. The first-order chi connectivity index (χ1) is 18.5. The number of H-pyrrole nitrogens is 1. The van der Waals surface area contributed by atoms with Crippen LogP contribution in [-0.4, -0.2) is 41.5 Å². The standard InChI is InChI=1S/C28H26N8O2/c1-3-20(17-7-5-4-6-8-17)28(38)33-19-11-9-18(10-12-19)21-13-22(37)34-26-23(21)16(2)35-36(26)27-24-25(30-14-29-24)31-15-32-27/h4-12,14-15,20-21H,3,13H2,1-2H3,(H,33,38)(H,34,37)(H,29,30,31,32)/t20-,21-/m0/s1. The summed E-state index contributed by atoms with van der Waals surface area (Å²) in [4.78, 5) is 41.6. The molecular formula is C28H26N8O2. The topological polar surface area (TPSA) is 130 Å². The molecule has 5 aromatic rings. The molecule has 0 aliphatic carbocycles. The van der Waals surface area contributed by atoms with Gasteiger partial charge in [0.15, 0.2) is 11.5 Å². The number of carbonyl (C=O) groups is 2. The molecule has 2 aromatic carbocycles. The van der Waals surface area contributed by atoms with Crippen LogP contribution in [0.1, 0.15) is 54.0 Å². The Kier molecular flexibility index (Phi) is 5.91. The summed E-state index contributed by atoms with van der Waals surface area (Å²) in [5.74, 6) is 0.535. The van der Waals surface area contributed by atoms with E-state index in [2.05, 4.69) is 30.6 Å². The molecule has 1 aliphatic heterocycles. The third-order valence-corrected chi connectivity index (χ3v) is 7.01. The van der Waals surface area contributed by atoms with Gasteiger partial charge in [-0.15, -0.1) is 0 Å². The van der Waals surface area contributed by atoms with Gasteiger partial charge in [0, 0.05) is 23.6 Å². The molecule has 1 aliphatic rings. The maximum atomic E-state index is 13.0. The highest BCUT2D eigenvalue weighted by atomic mass is 16.2. The van der Waals surface area contributed by atoms with Crippen molar-refractivity contribution in [3.63, 3.8) is 0 Å². The van der Waals surface area contributed by atoms with Crippen LogP contribution in [0.2, 0.25) is 0 Å². The van der Waals surface area contributed by atoms with E-state index in [0.717, 1.165) is 22.4 Å². The van der Waals surface area contributed by atoms with Crippen molar-refractivity contribution in [3.05, 3.63) is 89.6 Å². The minimum Gasteiger partial charge on any atom is -0.340 e. The molecule has 4 heterocycles. The number of anilines is 2. The second kappa shape index (κ2) is 9.55. The molecule has 0 saturated carbocycles. The summed E-state index contributed by atoms with van der Waals surface area (Å²) in [5.41, 5.74) is 5.55. The van der Waals surface area contributed by atoms with Crippen LogP contribution in [0.4, 0.5) is 11.5 Å². The van der Waals surface area contributed by atoms with Gasteiger partial charge in [-0.1, -0.05) is 49.4 Å². The first kappa shape index (κ1) is 23.5. The van der Waals surface area contributed by atoms with E-state index in [0.29, 0.717) is 41.3 Å². The van der Waals surface area contributed by atoms with Crippen molar-refractivity contribution in [1.82, 2.24) is 29.7 Å². The van der Waals surface area contributed by atoms with Crippen molar-refractivity contribution >= 4 is 34.5 Å². The van der Waals surface area contributed by atoms with E-state index in [-0.39, 0.29) is 23.7 Å². The molecule has 190 valence electrons. The molecular weight excluding hydrogens is 480 g/mol. The third-order valence-electron chi connectivity index (χ3n) is 7.01. The van der Waals surface area contributed by atoms with Gasteiger partial charge < -0.3 is 15.6 Å². The highest BCUT2D eigenvalue weighted by Crippen LogP contribution is 2.40. The molecule has 2 atom stereocenters. The molecule has 0 unspecified atom stereocenters. The molecule has 2 amide bonds. The maximum Gasteiger partial charge on any atom is 0.231 e. The van der Waals surface area contributed by atoms with Crippen molar-refractivity contribution in [1.29, 1.82) is 0 Å². The lowest BCUT2D eigenvalue weighted by Gasteiger charge is -2.24. The molecule has 3 N–H and O–H groups in total. The fourth-order valence-electron chi connectivity index (χ4n) is 5.18. The molecule has 0 saturated heterocycles. The molecule has 0 radical (unpaired) electrons. The number of benzene rings is 2. The van der Waals surface area contributed by atoms with Crippen LogP contribution in [0.5, 0.6) is 0 Å². The Labute approximate surface area is 218 Å². The molecule has 0 spiro atoms. The summed E-state index contributed by atoms with van der Waals surface area (Å²) in [6.45, 7) is 3.93. The van der Waals surface area contributed by atoms with Crippen LogP contribution in [0.3, 0.4) is 0 Å². The Balaban J connectivity index is 1.29. The Bertz CT molecular complexity index is 1640. The lowest BCUT2D eigenvalue weighted by molar-refractivity contribution is -0.118. The number of imidazole rings is 1. The van der Waals surface area contributed by atoms with Crippen molar-refractivity contribution < 1.29 is 9.59 Å². The van der Waals surface area contributed by atoms with E-state index in [1.54, 1.807) is 11.0 Å². The van der Waals surface area contributed by atoms with E-state index in [1.807, 2.05) is 68.4 Å². The quantitative estimate of drug-likeness (QED) is 0.312. The summed E-state index contributed by atoms with van der Waals surface area (Å²) in [6.07, 6.45) is 3.97. The fourth-order valence-corrected chi connectivity index (χ4v) is 5.18. The maximum absolute atomic E-state index is 13.0. The van der Waals surface area contributed by atoms with E-state index in [9.17, 15) is 9.59 Å². The first-order valence-corrected chi connectivity index (χ1v) is 12.5. The molecule has 3 aromatic heterocycles. The zero-order valence-corrected chi connectivity index (χ0v) is 21.0. The van der Waals surface area contributed by atoms with Gasteiger partial charge in [0.1, 0.15) is 17.7 Å². The first-order valence-electron chi connectivity index (χ1n) is 12.5. The number of nitrogens with zero attached hydrogens (tertiary/aromatic N) is 5. The second-order valence-electron chi connectivity index (χ2n) is 9.35. The van der Waals surface area contributed by atoms with Crippen LogP contribution in [-0.2, 0) is 9.59 Å². The van der Waals surface area contributed by atoms with Gasteiger partial charge in [-0.05, 0) is 36.6 Å². The number of fused-ring (bicyclic) bond motifs is 2. The number of aromatic amines is 1. The highest BCUT2D eigenvalue weighted by Gasteiger charge is 2.33. The lowest BCUT2D eigenvalue weighted by atomic mass is 9.85. The fraction of sp³-hybridized carbons (Fsp3) is 0.214. The van der Waals surface area contributed by atoms with Crippen LogP contribution >= 0.6 is 0 Å². The summed E-state index contributed by atoms with van der Waals surface area (Å²) in [5, 5.41) is 10.8. The van der Waals surface area contributed by atoms with Crippen LogP contribution < -0.4 is 10.6 Å². The molecule has 10 heteroatoms. The van der Waals surface area contributed by atoms with Crippen molar-refractivity contribution in [2.45, 2.75) is 38.5 Å². The van der Waals surface area contributed by atoms with E-state index in [4.69, 9.17) is 5.10 Å². The number of amides is 2. The van der Waals surface area contributed by atoms with Gasteiger partial charge in [-0.25, -0.2) is 15.0 Å². The predicted octanol–water partition coefficient (Wildman–Crippen LogP) is 4.45. The number of aromatic nitrogens is 6. The van der Waals surface area contributed by atoms with Gasteiger partial charge >= 0.3 is 0 Å². The molecule has 10 nitrogen and oxygen atoms in total. The molecule has 0 bridgehead atoms. The van der Waals surface area contributed by atoms with E-state index >= 15 is 0 Å². The van der Waals surface area contributed by atoms with Gasteiger partial charge in [-0.2, -0.15) is 9.78 Å². The Hall–Kier alpha value is -4.86. The Morgan fingerprint density at radius 2 is 1.89 bits per heavy atom. The zero-order valence-electron chi connectivity index (χ0n) is 21.0. The number of hydrogen-bond acceptors (Lipinski definition) is 6. The molecule has 38 heavy (non-hydrogen) atoms. The number of hydrogen-bond donors (Lipinski definition) is 3. The largest absolute Gasteiger partial charge is 0.340 e. The predicted molar refractivity (Wildman–Crippen MR) is 143 cm³/mol. The van der Waals surface area contributed by atoms with Crippen molar-refractivity contribution in [2.75, 3.05) is 10.6 Å². The number of rotatable bonds is 6. The third kappa shape index (κ3) is 4.09. The van der Waals surface area contributed by atoms with Crippen LogP contribution in [0, 0.1) is 6.92 Å². The minimum atomic E-state index is -0.225. The van der Waals surface area contributed by atoms with Crippen molar-refractivity contribution in [2.24, 2.45) is 0 Å². The monoisotopic (exact) mass is 506 g/mol. The van der Waals surface area contributed by atoms with Gasteiger partial charge in [0.25, 0.3) is 0 Å². The highest BCUT2D eigenvalue weighted by molar-refractivity contribution is 5.96. The van der Waals surface area contributed by atoms with Crippen LogP contribution in [0.15, 0.2) is 67.3 Å². The molecule has 6 rings (SSSR count). The number of aryl methyl sites for hydroxylation is 1. The van der Waals surface area contributed by atoms with Crippen molar-refractivity contribution in [3.8, 4) is 5.82 Å². The number of nitrogens with one attached hydrogen (secondary N) is 3. The Morgan fingerprint density at radius 3 is 2.66 bits per heavy atom. The smallest absolute Gasteiger partial charge is 0.231 e. The summed E-state index contributed by atoms with van der Waals surface area (Å²) in [7, 11) is 0. The average Bonchev–Trinajstić information content (AvgIpc) is 3.54. The average molecular weight is 507 g/mol. The molecule has 0 fully saturated rings. The normalized spacial score (nSPS) is 15.6. The van der Waals surface area contributed by atoms with Gasteiger partial charge in [0.05, 0.1) is 17.9 Å². The summed E-state index contributed by atoms with van der Waals surface area (Å²) < 4.78 is 1.64. The zero-order chi connectivity index (χ0) is 26.2. The van der Waals surface area contributed by atoms with E-state index in [1.165, 1.54) is 6.33 Å². The van der Waals surface area contributed by atoms with Crippen LogP contribution in [0.25, 0.3) is 17.0 Å².